The minimum atomic E-state index is 0.794. The predicted octanol–water partition coefficient (Wildman–Crippen LogP) is 3.76. The number of imidazole rings is 1. The maximum absolute atomic E-state index is 9.64. The summed E-state index contributed by atoms with van der Waals surface area (Å²) in [6, 6.07) is 17.2. The van der Waals surface area contributed by atoms with Crippen LogP contribution in [0.4, 0.5) is 0 Å². The van der Waals surface area contributed by atoms with E-state index in [9.17, 15) is 5.26 Å². The van der Waals surface area contributed by atoms with Gasteiger partial charge in [-0.3, -0.25) is 4.90 Å². The number of nitriles is 1. The van der Waals surface area contributed by atoms with Gasteiger partial charge in [-0.1, -0.05) is 42.5 Å². The summed E-state index contributed by atoms with van der Waals surface area (Å²) in [4.78, 5) is 6.61. The summed E-state index contributed by atoms with van der Waals surface area (Å²) < 4.78 is 2.06. The zero-order valence-electron chi connectivity index (χ0n) is 14.3. The second kappa shape index (κ2) is 6.54. The molecule has 0 bridgehead atoms. The van der Waals surface area contributed by atoms with Crippen LogP contribution in [-0.4, -0.2) is 27.5 Å². The Hall–Kier alpha value is -2.90. The van der Waals surface area contributed by atoms with E-state index in [-0.39, 0.29) is 0 Å². The molecule has 124 valence electrons. The van der Waals surface area contributed by atoms with E-state index in [0.717, 1.165) is 37.2 Å². The van der Waals surface area contributed by atoms with Crippen LogP contribution in [0.15, 0.2) is 60.6 Å². The highest BCUT2D eigenvalue weighted by Gasteiger charge is 2.22. The van der Waals surface area contributed by atoms with Gasteiger partial charge in [0.05, 0.1) is 18.1 Å². The van der Waals surface area contributed by atoms with Crippen LogP contribution in [0.1, 0.15) is 17.7 Å². The van der Waals surface area contributed by atoms with Crippen molar-refractivity contribution < 1.29 is 0 Å². The number of aryl methyl sites for hydroxylation is 1. The molecule has 2 heterocycles. The molecule has 0 unspecified atom stereocenters. The third kappa shape index (κ3) is 2.95. The Kier molecular flexibility index (Phi) is 4.09. The van der Waals surface area contributed by atoms with E-state index >= 15 is 0 Å². The Morgan fingerprint density at radius 3 is 2.80 bits per heavy atom. The smallest absolute Gasteiger partial charge is 0.0951 e. The van der Waals surface area contributed by atoms with Crippen LogP contribution in [0.5, 0.6) is 0 Å². The van der Waals surface area contributed by atoms with Crippen molar-refractivity contribution in [2.24, 2.45) is 7.05 Å². The second-order valence-corrected chi connectivity index (χ2v) is 6.55. The number of nitrogens with zero attached hydrogens (tertiary/aromatic N) is 4. The van der Waals surface area contributed by atoms with Crippen molar-refractivity contribution in [3.8, 4) is 6.07 Å². The van der Waals surface area contributed by atoms with Crippen molar-refractivity contribution in [2.45, 2.75) is 13.0 Å². The SMILES string of the molecule is Cn1cncc1CN1CCC(C#N)=C(c2cccc3ccccc23)C1. The molecule has 0 saturated carbocycles. The second-order valence-electron chi connectivity index (χ2n) is 6.55. The minimum absolute atomic E-state index is 0.794. The summed E-state index contributed by atoms with van der Waals surface area (Å²) in [7, 11) is 2.02. The lowest BCUT2D eigenvalue weighted by Gasteiger charge is -2.29. The van der Waals surface area contributed by atoms with Crippen LogP contribution in [-0.2, 0) is 13.6 Å². The van der Waals surface area contributed by atoms with Crippen LogP contribution in [0.25, 0.3) is 16.3 Å². The van der Waals surface area contributed by atoms with Gasteiger partial charge in [0.2, 0.25) is 0 Å². The summed E-state index contributed by atoms with van der Waals surface area (Å²) >= 11 is 0. The van der Waals surface area contributed by atoms with Crippen LogP contribution in [0.2, 0.25) is 0 Å². The first-order valence-corrected chi connectivity index (χ1v) is 8.54. The van der Waals surface area contributed by atoms with Gasteiger partial charge in [0, 0.05) is 38.5 Å². The van der Waals surface area contributed by atoms with Crippen LogP contribution < -0.4 is 0 Å². The van der Waals surface area contributed by atoms with E-state index in [0.29, 0.717) is 0 Å². The molecular weight excluding hydrogens is 308 g/mol. The van der Waals surface area contributed by atoms with Crippen LogP contribution in [0.3, 0.4) is 0 Å². The van der Waals surface area contributed by atoms with E-state index in [4.69, 9.17) is 0 Å². The molecule has 0 atom stereocenters. The van der Waals surface area contributed by atoms with Crippen molar-refractivity contribution in [1.82, 2.24) is 14.5 Å². The molecule has 3 aromatic rings. The number of rotatable bonds is 3. The maximum atomic E-state index is 9.64. The first kappa shape index (κ1) is 15.6. The average Bonchev–Trinajstić information content (AvgIpc) is 3.06. The summed E-state index contributed by atoms with van der Waals surface area (Å²) in [6.07, 6.45) is 4.55. The average molecular weight is 328 g/mol. The number of hydrogen-bond donors (Lipinski definition) is 0. The standard InChI is InChI=1S/C21H20N4/c1-24-15-23-12-18(24)13-25-10-9-17(11-22)21(14-25)20-8-4-6-16-5-2-3-7-19(16)20/h2-8,12,15H,9-10,13-14H2,1H3. The fourth-order valence-electron chi connectivity index (χ4n) is 3.58. The molecule has 0 aliphatic carbocycles. The molecule has 4 heteroatoms. The van der Waals surface area contributed by atoms with Gasteiger partial charge in [-0.05, 0) is 28.3 Å². The Balaban J connectivity index is 1.72. The summed E-state index contributed by atoms with van der Waals surface area (Å²) in [5.41, 5.74) is 4.45. The van der Waals surface area contributed by atoms with Crippen LogP contribution >= 0.6 is 0 Å². The van der Waals surface area contributed by atoms with Gasteiger partial charge >= 0.3 is 0 Å². The zero-order valence-corrected chi connectivity index (χ0v) is 14.3. The molecule has 1 aromatic heterocycles. The van der Waals surface area contributed by atoms with Crippen molar-refractivity contribution in [3.05, 3.63) is 71.8 Å². The maximum Gasteiger partial charge on any atom is 0.0951 e. The molecule has 4 nitrogen and oxygen atoms in total. The molecule has 1 aliphatic rings. The fourth-order valence-corrected chi connectivity index (χ4v) is 3.58. The highest BCUT2D eigenvalue weighted by Crippen LogP contribution is 2.32. The van der Waals surface area contributed by atoms with Gasteiger partial charge < -0.3 is 4.57 Å². The first-order chi connectivity index (χ1) is 12.3. The van der Waals surface area contributed by atoms with Crippen molar-refractivity contribution >= 4 is 16.3 Å². The highest BCUT2D eigenvalue weighted by atomic mass is 15.2. The molecule has 0 radical (unpaired) electrons. The normalized spacial score (nSPS) is 15.5. The summed E-state index contributed by atoms with van der Waals surface area (Å²) in [5.74, 6) is 0. The topological polar surface area (TPSA) is 44.9 Å². The monoisotopic (exact) mass is 328 g/mol. The zero-order chi connectivity index (χ0) is 17.2. The van der Waals surface area contributed by atoms with E-state index in [1.54, 1.807) is 0 Å². The summed E-state index contributed by atoms with van der Waals surface area (Å²) in [5, 5.41) is 12.1. The lowest BCUT2D eigenvalue weighted by atomic mass is 9.91. The highest BCUT2D eigenvalue weighted by molar-refractivity contribution is 5.95. The molecule has 1 aliphatic heterocycles. The Bertz CT molecular complexity index is 985. The third-order valence-electron chi connectivity index (χ3n) is 4.98. The Morgan fingerprint density at radius 2 is 2.00 bits per heavy atom. The quantitative estimate of drug-likeness (QED) is 0.735. The van der Waals surface area contributed by atoms with Crippen molar-refractivity contribution in [1.29, 1.82) is 5.26 Å². The van der Waals surface area contributed by atoms with Gasteiger partial charge in [0.1, 0.15) is 0 Å². The number of hydrogen-bond acceptors (Lipinski definition) is 3. The molecule has 0 spiro atoms. The van der Waals surface area contributed by atoms with E-state index in [2.05, 4.69) is 63.0 Å². The molecule has 0 N–H and O–H groups in total. The molecule has 0 fully saturated rings. The third-order valence-corrected chi connectivity index (χ3v) is 4.98. The number of fused-ring (bicyclic) bond motifs is 1. The molecule has 2 aromatic carbocycles. The number of aromatic nitrogens is 2. The fraction of sp³-hybridized carbons (Fsp3) is 0.238. The van der Waals surface area contributed by atoms with E-state index < -0.39 is 0 Å². The molecule has 0 saturated heterocycles. The van der Waals surface area contributed by atoms with Gasteiger partial charge in [-0.2, -0.15) is 5.26 Å². The summed E-state index contributed by atoms with van der Waals surface area (Å²) in [6.45, 7) is 2.55. The molecule has 4 rings (SSSR count). The van der Waals surface area contributed by atoms with Crippen molar-refractivity contribution in [2.75, 3.05) is 13.1 Å². The van der Waals surface area contributed by atoms with E-state index in [1.807, 2.05) is 19.6 Å². The van der Waals surface area contributed by atoms with Gasteiger partial charge in [0.15, 0.2) is 0 Å². The first-order valence-electron chi connectivity index (χ1n) is 8.54. The molecule has 25 heavy (non-hydrogen) atoms. The van der Waals surface area contributed by atoms with Crippen LogP contribution in [0, 0.1) is 11.3 Å². The minimum Gasteiger partial charge on any atom is -0.337 e. The predicted molar refractivity (Wildman–Crippen MR) is 99.6 cm³/mol. The lowest BCUT2D eigenvalue weighted by molar-refractivity contribution is 0.287. The Morgan fingerprint density at radius 1 is 1.16 bits per heavy atom. The van der Waals surface area contributed by atoms with Crippen molar-refractivity contribution in [3.63, 3.8) is 0 Å². The van der Waals surface area contributed by atoms with Gasteiger partial charge in [-0.25, -0.2) is 4.98 Å². The van der Waals surface area contributed by atoms with E-state index in [1.165, 1.54) is 22.0 Å². The van der Waals surface area contributed by atoms with Gasteiger partial charge in [-0.15, -0.1) is 0 Å². The van der Waals surface area contributed by atoms with Gasteiger partial charge in [0.25, 0.3) is 0 Å². The number of benzene rings is 2. The Labute approximate surface area is 147 Å². The molecular formula is C21H20N4. The molecule has 0 amide bonds. The lowest BCUT2D eigenvalue weighted by Crippen LogP contribution is -2.31. The largest absolute Gasteiger partial charge is 0.337 e.